The Morgan fingerprint density at radius 2 is 2.15 bits per heavy atom. The largest absolute Gasteiger partial charge is 0.451 e. The van der Waals surface area contributed by atoms with E-state index in [1.54, 1.807) is 25.1 Å². The summed E-state index contributed by atoms with van der Waals surface area (Å²) in [5, 5.41) is 2.82. The number of alkyl halides is 3. The van der Waals surface area contributed by atoms with Crippen molar-refractivity contribution in [2.75, 3.05) is 13.2 Å². The molecular weight excluding hydrogens is 367 g/mol. The van der Waals surface area contributed by atoms with Crippen LogP contribution in [-0.4, -0.2) is 40.4 Å². The molecule has 140 valence electrons. The molecule has 9 heteroatoms. The summed E-state index contributed by atoms with van der Waals surface area (Å²) in [5.41, 5.74) is 0.198. The van der Waals surface area contributed by atoms with Crippen molar-refractivity contribution in [3.8, 4) is 0 Å². The van der Waals surface area contributed by atoms with Crippen molar-refractivity contribution in [2.45, 2.75) is 42.3 Å². The van der Waals surface area contributed by atoms with E-state index in [0.717, 1.165) is 24.6 Å². The Morgan fingerprint density at radius 3 is 2.85 bits per heavy atom. The van der Waals surface area contributed by atoms with Crippen LogP contribution in [0.1, 0.15) is 25.6 Å². The average molecular weight is 385 g/mol. The van der Waals surface area contributed by atoms with E-state index in [-0.39, 0.29) is 22.6 Å². The van der Waals surface area contributed by atoms with E-state index in [2.05, 4.69) is 15.3 Å². The Hall–Kier alpha value is -1.87. The average Bonchev–Trinajstić information content (AvgIpc) is 3.12. The molecule has 0 radical (unpaired) electrons. The van der Waals surface area contributed by atoms with E-state index in [1.807, 2.05) is 0 Å². The molecular formula is C17H18F3N3O2S. The second-order valence-electron chi connectivity index (χ2n) is 6.01. The van der Waals surface area contributed by atoms with Crippen molar-refractivity contribution in [3.63, 3.8) is 0 Å². The third-order valence-corrected chi connectivity index (χ3v) is 5.11. The third-order valence-electron chi connectivity index (χ3n) is 4.01. The van der Waals surface area contributed by atoms with Crippen molar-refractivity contribution in [1.82, 2.24) is 15.3 Å². The Bertz CT molecular complexity index is 794. The highest BCUT2D eigenvalue weighted by Gasteiger charge is 2.36. The van der Waals surface area contributed by atoms with Crippen molar-refractivity contribution in [3.05, 3.63) is 30.1 Å². The molecule has 2 atom stereocenters. The molecule has 1 N–H and O–H groups in total. The number of carbonyl (C=O) groups excluding carboxylic acids is 1. The van der Waals surface area contributed by atoms with E-state index in [1.165, 1.54) is 6.07 Å². The number of hydrogen-bond acceptors (Lipinski definition) is 5. The zero-order valence-corrected chi connectivity index (χ0v) is 14.9. The molecule has 1 amide bonds. The fraction of sp³-hybridized carbons (Fsp3) is 0.471. The van der Waals surface area contributed by atoms with Crippen molar-refractivity contribution < 1.29 is 22.7 Å². The first-order chi connectivity index (χ1) is 12.3. The van der Waals surface area contributed by atoms with Gasteiger partial charge in [0.15, 0.2) is 0 Å². The van der Waals surface area contributed by atoms with Gasteiger partial charge in [-0.2, -0.15) is 13.2 Å². The second-order valence-corrected chi connectivity index (χ2v) is 7.34. The minimum absolute atomic E-state index is 0.00728. The second kappa shape index (κ2) is 7.79. The molecule has 0 aliphatic carbocycles. The molecule has 1 aliphatic heterocycles. The Labute approximate surface area is 152 Å². The van der Waals surface area contributed by atoms with E-state index in [4.69, 9.17) is 4.74 Å². The number of thioether (sulfide) groups is 1. The standard InChI is InChI=1S/C17H18F3N3O2S/c1-10(14(24)21-9-11-5-4-8-25-11)26-15-12-6-2-3-7-13(12)22-16(23-15)17(18,19)20/h2-3,6-7,10-11H,4-5,8-9H2,1H3,(H,21,24)/t10-,11+/m0/s1. The summed E-state index contributed by atoms with van der Waals surface area (Å²) >= 11 is 0.990. The number of aromatic nitrogens is 2. The van der Waals surface area contributed by atoms with Crippen molar-refractivity contribution >= 4 is 28.6 Å². The van der Waals surface area contributed by atoms with E-state index in [9.17, 15) is 18.0 Å². The zero-order chi connectivity index (χ0) is 18.7. The topological polar surface area (TPSA) is 64.1 Å². The predicted molar refractivity (Wildman–Crippen MR) is 91.8 cm³/mol. The zero-order valence-electron chi connectivity index (χ0n) is 14.0. The first-order valence-electron chi connectivity index (χ1n) is 8.24. The summed E-state index contributed by atoms with van der Waals surface area (Å²) in [6, 6.07) is 6.46. The van der Waals surface area contributed by atoms with Gasteiger partial charge in [0.2, 0.25) is 11.7 Å². The predicted octanol–water partition coefficient (Wildman–Crippen LogP) is 3.42. The van der Waals surface area contributed by atoms with Gasteiger partial charge in [0.25, 0.3) is 0 Å². The van der Waals surface area contributed by atoms with Gasteiger partial charge in [-0.25, -0.2) is 9.97 Å². The van der Waals surface area contributed by atoms with Crippen LogP contribution >= 0.6 is 11.8 Å². The molecule has 0 saturated carbocycles. The molecule has 1 saturated heterocycles. The summed E-state index contributed by atoms with van der Waals surface area (Å²) in [7, 11) is 0. The summed E-state index contributed by atoms with van der Waals surface area (Å²) in [6.45, 7) is 2.74. The van der Waals surface area contributed by atoms with Gasteiger partial charge < -0.3 is 10.1 Å². The minimum atomic E-state index is -4.65. The molecule has 0 unspecified atom stereocenters. The van der Waals surface area contributed by atoms with Gasteiger partial charge >= 0.3 is 6.18 Å². The lowest BCUT2D eigenvalue weighted by Gasteiger charge is -2.16. The molecule has 26 heavy (non-hydrogen) atoms. The molecule has 1 aromatic heterocycles. The normalized spacial score (nSPS) is 18.8. The first-order valence-corrected chi connectivity index (χ1v) is 9.12. The molecule has 2 heterocycles. The Morgan fingerprint density at radius 1 is 1.38 bits per heavy atom. The van der Waals surface area contributed by atoms with Crippen LogP contribution in [0.2, 0.25) is 0 Å². The van der Waals surface area contributed by atoms with Crippen molar-refractivity contribution in [2.24, 2.45) is 0 Å². The smallest absolute Gasteiger partial charge is 0.376 e. The van der Waals surface area contributed by atoms with Crippen LogP contribution in [0.15, 0.2) is 29.3 Å². The Kier molecular flexibility index (Phi) is 5.67. The lowest BCUT2D eigenvalue weighted by Crippen LogP contribution is -2.36. The number of carbonyl (C=O) groups is 1. The molecule has 5 nitrogen and oxygen atoms in total. The van der Waals surface area contributed by atoms with E-state index < -0.39 is 17.3 Å². The highest BCUT2D eigenvalue weighted by Crippen LogP contribution is 2.33. The summed E-state index contributed by atoms with van der Waals surface area (Å²) in [5.74, 6) is -1.47. The molecule has 1 aliphatic rings. The van der Waals surface area contributed by atoms with Gasteiger partial charge in [0.05, 0.1) is 16.9 Å². The van der Waals surface area contributed by atoms with Crippen LogP contribution in [0.3, 0.4) is 0 Å². The van der Waals surface area contributed by atoms with Gasteiger partial charge in [-0.05, 0) is 25.8 Å². The number of halogens is 3. The van der Waals surface area contributed by atoms with Crippen LogP contribution in [-0.2, 0) is 15.7 Å². The SMILES string of the molecule is C[C@H](Sc1nc(C(F)(F)F)nc2ccccc12)C(=O)NC[C@H]1CCCO1. The molecule has 1 fully saturated rings. The highest BCUT2D eigenvalue weighted by atomic mass is 32.2. The van der Waals surface area contributed by atoms with Gasteiger partial charge in [0, 0.05) is 18.5 Å². The van der Waals surface area contributed by atoms with Gasteiger partial charge in [0.1, 0.15) is 5.03 Å². The maximum absolute atomic E-state index is 13.1. The number of hydrogen-bond donors (Lipinski definition) is 1. The summed E-state index contributed by atoms with van der Waals surface area (Å²) in [4.78, 5) is 19.5. The number of nitrogens with zero attached hydrogens (tertiary/aromatic N) is 2. The van der Waals surface area contributed by atoms with Gasteiger partial charge in [-0.15, -0.1) is 0 Å². The van der Waals surface area contributed by atoms with Crippen LogP contribution in [0.25, 0.3) is 10.9 Å². The monoisotopic (exact) mass is 385 g/mol. The number of rotatable bonds is 5. The molecule has 0 spiro atoms. The first kappa shape index (κ1) is 18.9. The quantitative estimate of drug-likeness (QED) is 0.631. The lowest BCUT2D eigenvalue weighted by molar-refractivity contribution is -0.145. The summed E-state index contributed by atoms with van der Waals surface area (Å²) < 4.78 is 44.6. The van der Waals surface area contributed by atoms with Crippen LogP contribution in [0.4, 0.5) is 13.2 Å². The van der Waals surface area contributed by atoms with Crippen molar-refractivity contribution in [1.29, 1.82) is 0 Å². The van der Waals surface area contributed by atoms with Crippen LogP contribution < -0.4 is 5.32 Å². The number of nitrogens with one attached hydrogen (secondary N) is 1. The number of amides is 1. The number of ether oxygens (including phenoxy) is 1. The fourth-order valence-corrected chi connectivity index (χ4v) is 3.61. The van der Waals surface area contributed by atoms with E-state index >= 15 is 0 Å². The summed E-state index contributed by atoms with van der Waals surface area (Å²) in [6.07, 6.45) is -2.77. The minimum Gasteiger partial charge on any atom is -0.376 e. The fourth-order valence-electron chi connectivity index (χ4n) is 2.65. The number of benzene rings is 1. The van der Waals surface area contributed by atoms with Gasteiger partial charge in [-0.3, -0.25) is 4.79 Å². The third kappa shape index (κ3) is 4.45. The number of para-hydroxylation sites is 1. The molecule has 0 bridgehead atoms. The van der Waals surface area contributed by atoms with Crippen LogP contribution in [0, 0.1) is 0 Å². The van der Waals surface area contributed by atoms with Gasteiger partial charge in [-0.1, -0.05) is 30.0 Å². The Balaban J connectivity index is 1.77. The molecule has 2 aromatic rings. The highest BCUT2D eigenvalue weighted by molar-refractivity contribution is 8.00. The maximum atomic E-state index is 13.1. The molecule has 1 aromatic carbocycles. The van der Waals surface area contributed by atoms with Crippen LogP contribution in [0.5, 0.6) is 0 Å². The number of fused-ring (bicyclic) bond motifs is 1. The maximum Gasteiger partial charge on any atom is 0.451 e. The van der Waals surface area contributed by atoms with E-state index in [0.29, 0.717) is 18.5 Å². The lowest BCUT2D eigenvalue weighted by atomic mass is 10.2. The molecule has 3 rings (SSSR count).